The zero-order valence-corrected chi connectivity index (χ0v) is 19.2. The number of nitrogens with one attached hydrogen (secondary N) is 3. The fourth-order valence-corrected chi connectivity index (χ4v) is 3.84. The Labute approximate surface area is 187 Å². The monoisotopic (exact) mass is 461 g/mol. The summed E-state index contributed by atoms with van der Waals surface area (Å²) in [5.74, 6) is -1.80. The molecule has 10 heteroatoms. The highest BCUT2D eigenvalue weighted by Gasteiger charge is 2.20. The van der Waals surface area contributed by atoms with Crippen LogP contribution in [0.1, 0.15) is 36.7 Å². The topological polar surface area (TPSA) is 131 Å². The van der Waals surface area contributed by atoms with Crippen LogP contribution in [0.15, 0.2) is 53.4 Å². The van der Waals surface area contributed by atoms with Crippen LogP contribution in [0.3, 0.4) is 0 Å². The predicted octanol–water partition coefficient (Wildman–Crippen LogP) is 1.98. The van der Waals surface area contributed by atoms with E-state index >= 15 is 0 Å². The van der Waals surface area contributed by atoms with Crippen LogP contribution in [-0.2, 0) is 24.3 Å². The Balaban J connectivity index is 1.85. The first-order chi connectivity index (χ1) is 15.0. The molecule has 9 nitrogen and oxygen atoms in total. The first-order valence-corrected chi connectivity index (χ1v) is 11.4. The van der Waals surface area contributed by atoms with E-state index in [0.29, 0.717) is 11.3 Å². The third kappa shape index (κ3) is 7.47. The van der Waals surface area contributed by atoms with E-state index in [0.717, 1.165) is 5.56 Å². The number of sulfonamides is 1. The van der Waals surface area contributed by atoms with Crippen molar-refractivity contribution < 1.29 is 27.5 Å². The minimum absolute atomic E-state index is 0.0630. The van der Waals surface area contributed by atoms with E-state index in [1.165, 1.54) is 31.2 Å². The predicted molar refractivity (Wildman–Crippen MR) is 120 cm³/mol. The van der Waals surface area contributed by atoms with Gasteiger partial charge in [-0.1, -0.05) is 17.7 Å². The van der Waals surface area contributed by atoms with E-state index < -0.39 is 33.9 Å². The molecule has 0 radical (unpaired) electrons. The van der Waals surface area contributed by atoms with Crippen molar-refractivity contribution in [2.45, 2.75) is 44.7 Å². The Kier molecular flexibility index (Phi) is 8.50. The maximum Gasteiger partial charge on any atom is 0.326 e. The van der Waals surface area contributed by atoms with Gasteiger partial charge in [0.25, 0.3) is 11.8 Å². The Hall–Kier alpha value is -3.24. The number of esters is 1. The van der Waals surface area contributed by atoms with Crippen LogP contribution in [0, 0.1) is 6.92 Å². The first kappa shape index (κ1) is 25.0. The smallest absolute Gasteiger partial charge is 0.326 e. The molecule has 2 rings (SSSR count). The normalized spacial score (nSPS) is 12.2. The lowest BCUT2D eigenvalue weighted by molar-refractivity contribution is -0.152. The molecule has 3 N–H and O–H groups in total. The summed E-state index contributed by atoms with van der Waals surface area (Å²) in [6.45, 7) is 6.32. The van der Waals surface area contributed by atoms with Crippen LogP contribution in [0.25, 0.3) is 0 Å². The van der Waals surface area contributed by atoms with Gasteiger partial charge in [0.15, 0.2) is 6.10 Å². The maximum absolute atomic E-state index is 12.3. The highest BCUT2D eigenvalue weighted by atomic mass is 32.2. The zero-order chi connectivity index (χ0) is 23.9. The molecular formula is C22H27N3O6S. The zero-order valence-electron chi connectivity index (χ0n) is 18.3. The fourth-order valence-electron chi connectivity index (χ4n) is 2.59. The summed E-state index contributed by atoms with van der Waals surface area (Å²) in [6.07, 6.45) is -1.12. The molecule has 0 spiro atoms. The molecule has 2 aromatic rings. The van der Waals surface area contributed by atoms with Crippen LogP contribution in [0.4, 0.5) is 5.69 Å². The Morgan fingerprint density at radius 3 is 2.09 bits per heavy atom. The number of carbonyl (C=O) groups excluding carboxylic acids is 3. The lowest BCUT2D eigenvalue weighted by Crippen LogP contribution is -2.35. The lowest BCUT2D eigenvalue weighted by Gasteiger charge is -2.14. The molecule has 0 aliphatic rings. The van der Waals surface area contributed by atoms with Gasteiger partial charge in [-0.15, -0.1) is 0 Å². The second kappa shape index (κ2) is 10.9. The summed E-state index contributed by atoms with van der Waals surface area (Å²) >= 11 is 0. The van der Waals surface area contributed by atoms with Crippen molar-refractivity contribution in [3.8, 4) is 0 Å². The second-order valence-electron chi connectivity index (χ2n) is 7.47. The number of aryl methyl sites for hydroxylation is 1. The first-order valence-electron chi connectivity index (χ1n) is 9.95. The van der Waals surface area contributed by atoms with Crippen molar-refractivity contribution in [3.63, 3.8) is 0 Å². The highest BCUT2D eigenvalue weighted by Crippen LogP contribution is 2.15. The highest BCUT2D eigenvalue weighted by molar-refractivity contribution is 7.89. The quantitative estimate of drug-likeness (QED) is 0.490. The molecule has 2 aromatic carbocycles. The molecule has 1 unspecified atom stereocenters. The Morgan fingerprint density at radius 2 is 1.53 bits per heavy atom. The molecule has 0 aromatic heterocycles. The average molecular weight is 462 g/mol. The number of amides is 2. The van der Waals surface area contributed by atoms with Crippen molar-refractivity contribution in [1.82, 2.24) is 10.0 Å². The minimum Gasteiger partial charge on any atom is -0.451 e. The SMILES string of the molecule is Cc1ccc(C(=O)NCC(=O)OC(C)C(=O)Nc2ccc(S(=O)(=O)NC(C)C)cc2)cc1. The Morgan fingerprint density at radius 1 is 0.938 bits per heavy atom. The summed E-state index contributed by atoms with van der Waals surface area (Å²) in [6, 6.07) is 12.2. The van der Waals surface area contributed by atoms with Crippen LogP contribution in [-0.4, -0.2) is 44.9 Å². The molecule has 0 saturated heterocycles. The van der Waals surface area contributed by atoms with Crippen LogP contribution < -0.4 is 15.4 Å². The molecule has 0 aliphatic heterocycles. The molecule has 1 atom stereocenters. The maximum atomic E-state index is 12.3. The van der Waals surface area contributed by atoms with Gasteiger partial charge in [-0.2, -0.15) is 0 Å². The number of hydrogen-bond acceptors (Lipinski definition) is 6. The molecule has 0 bridgehead atoms. The fraction of sp³-hybridized carbons (Fsp3) is 0.318. The Bertz CT molecular complexity index is 1060. The molecule has 0 heterocycles. The molecule has 0 saturated carbocycles. The summed E-state index contributed by atoms with van der Waals surface area (Å²) in [4.78, 5) is 36.3. The standard InChI is InChI=1S/C22H27N3O6S/c1-14(2)25-32(29,30)19-11-9-18(10-12-19)24-21(27)16(4)31-20(26)13-23-22(28)17-7-5-15(3)6-8-17/h5-12,14,16,25H,13H2,1-4H3,(H,23,28)(H,24,27). The van der Waals surface area contributed by atoms with Gasteiger partial charge in [-0.3, -0.25) is 14.4 Å². The molecule has 0 aliphatic carbocycles. The molecule has 0 fully saturated rings. The van der Waals surface area contributed by atoms with Gasteiger partial charge in [0, 0.05) is 17.3 Å². The summed E-state index contributed by atoms with van der Waals surface area (Å²) in [5, 5.41) is 4.98. The number of anilines is 1. The number of hydrogen-bond donors (Lipinski definition) is 3. The van der Waals surface area contributed by atoms with Crippen molar-refractivity contribution in [3.05, 3.63) is 59.7 Å². The van der Waals surface area contributed by atoms with E-state index in [9.17, 15) is 22.8 Å². The molecule has 172 valence electrons. The van der Waals surface area contributed by atoms with Gasteiger partial charge in [-0.25, -0.2) is 13.1 Å². The van der Waals surface area contributed by atoms with E-state index in [-0.39, 0.29) is 17.5 Å². The van der Waals surface area contributed by atoms with E-state index in [4.69, 9.17) is 4.74 Å². The molecule has 2 amide bonds. The van der Waals surface area contributed by atoms with E-state index in [1.54, 1.807) is 38.1 Å². The van der Waals surface area contributed by atoms with Gasteiger partial charge in [0.1, 0.15) is 6.54 Å². The summed E-state index contributed by atoms with van der Waals surface area (Å²) < 4.78 is 31.8. The van der Waals surface area contributed by atoms with Crippen molar-refractivity contribution >= 4 is 33.5 Å². The van der Waals surface area contributed by atoms with Gasteiger partial charge in [0.05, 0.1) is 4.90 Å². The van der Waals surface area contributed by atoms with Gasteiger partial charge < -0.3 is 15.4 Å². The average Bonchev–Trinajstić information content (AvgIpc) is 2.72. The number of carbonyl (C=O) groups is 3. The minimum atomic E-state index is -3.64. The lowest BCUT2D eigenvalue weighted by atomic mass is 10.1. The van der Waals surface area contributed by atoms with Crippen LogP contribution in [0.5, 0.6) is 0 Å². The second-order valence-corrected chi connectivity index (χ2v) is 9.18. The van der Waals surface area contributed by atoms with Crippen molar-refractivity contribution in [2.75, 3.05) is 11.9 Å². The van der Waals surface area contributed by atoms with Crippen molar-refractivity contribution in [1.29, 1.82) is 0 Å². The van der Waals surface area contributed by atoms with Crippen molar-refractivity contribution in [2.24, 2.45) is 0 Å². The van der Waals surface area contributed by atoms with E-state index in [1.807, 2.05) is 6.92 Å². The van der Waals surface area contributed by atoms with Crippen LogP contribution >= 0.6 is 0 Å². The largest absolute Gasteiger partial charge is 0.451 e. The number of ether oxygens (including phenoxy) is 1. The number of rotatable bonds is 9. The van der Waals surface area contributed by atoms with E-state index in [2.05, 4.69) is 15.4 Å². The summed E-state index contributed by atoms with van der Waals surface area (Å²) in [5.41, 5.74) is 1.75. The number of benzene rings is 2. The molecular weight excluding hydrogens is 434 g/mol. The summed E-state index contributed by atoms with van der Waals surface area (Å²) in [7, 11) is -3.64. The third-order valence-corrected chi connectivity index (χ3v) is 5.88. The third-order valence-electron chi connectivity index (χ3n) is 4.21. The van der Waals surface area contributed by atoms with Gasteiger partial charge in [-0.05, 0) is 64.1 Å². The van der Waals surface area contributed by atoms with Gasteiger partial charge >= 0.3 is 5.97 Å². The van der Waals surface area contributed by atoms with Gasteiger partial charge in [0.2, 0.25) is 10.0 Å². The molecule has 32 heavy (non-hydrogen) atoms. The van der Waals surface area contributed by atoms with Crippen LogP contribution in [0.2, 0.25) is 0 Å².